The third-order valence-electron chi connectivity index (χ3n) is 5.15. The van der Waals surface area contributed by atoms with Gasteiger partial charge >= 0.3 is 11.8 Å². The Bertz CT molecular complexity index is 974. The molecule has 0 atom stereocenters. The average molecular weight is 398 g/mol. The van der Waals surface area contributed by atoms with Crippen LogP contribution in [0, 0.1) is 0 Å². The molecule has 1 aromatic carbocycles. The SMILES string of the molecule is Cn1ncc2c(NC(=O)C(=O)N3CCN(CCc4cccs4)CC3)cccc21. The Hall–Kier alpha value is -2.71. The highest BCUT2D eigenvalue weighted by Crippen LogP contribution is 2.22. The number of fused-ring (bicyclic) bond motifs is 1. The van der Waals surface area contributed by atoms with E-state index < -0.39 is 11.8 Å². The molecule has 1 aliphatic rings. The number of amides is 2. The predicted molar refractivity (Wildman–Crippen MR) is 110 cm³/mol. The summed E-state index contributed by atoms with van der Waals surface area (Å²) in [5.74, 6) is -1.07. The van der Waals surface area contributed by atoms with Crippen LogP contribution < -0.4 is 5.32 Å². The molecule has 28 heavy (non-hydrogen) atoms. The quantitative estimate of drug-likeness (QED) is 0.684. The fraction of sp³-hybridized carbons (Fsp3) is 0.350. The first-order valence-corrected chi connectivity index (χ1v) is 10.3. The summed E-state index contributed by atoms with van der Waals surface area (Å²) in [5.41, 5.74) is 1.52. The van der Waals surface area contributed by atoms with Crippen molar-refractivity contribution in [3.8, 4) is 0 Å². The molecule has 3 aromatic rings. The maximum Gasteiger partial charge on any atom is 0.313 e. The number of aromatic nitrogens is 2. The molecule has 7 nitrogen and oxygen atoms in total. The molecule has 146 valence electrons. The minimum absolute atomic E-state index is 0.473. The number of aryl methyl sites for hydroxylation is 1. The van der Waals surface area contributed by atoms with Gasteiger partial charge < -0.3 is 10.2 Å². The smallest absolute Gasteiger partial charge is 0.313 e. The molecule has 0 spiro atoms. The number of piperazine rings is 1. The highest BCUT2D eigenvalue weighted by Gasteiger charge is 2.26. The Balaban J connectivity index is 1.31. The van der Waals surface area contributed by atoms with Crippen molar-refractivity contribution in [2.45, 2.75) is 6.42 Å². The third kappa shape index (κ3) is 3.93. The molecule has 4 rings (SSSR count). The van der Waals surface area contributed by atoms with E-state index in [2.05, 4.69) is 32.8 Å². The van der Waals surface area contributed by atoms with E-state index >= 15 is 0 Å². The zero-order valence-corrected chi connectivity index (χ0v) is 16.6. The highest BCUT2D eigenvalue weighted by molar-refractivity contribution is 7.09. The van der Waals surface area contributed by atoms with Gasteiger partial charge in [0.15, 0.2) is 0 Å². The van der Waals surface area contributed by atoms with E-state index in [-0.39, 0.29) is 0 Å². The van der Waals surface area contributed by atoms with E-state index in [9.17, 15) is 9.59 Å². The van der Waals surface area contributed by atoms with Gasteiger partial charge in [-0.25, -0.2) is 0 Å². The molecule has 1 N–H and O–H groups in total. The van der Waals surface area contributed by atoms with Crippen LogP contribution in [0.15, 0.2) is 41.9 Å². The molecule has 3 heterocycles. The summed E-state index contributed by atoms with van der Waals surface area (Å²) in [6.07, 6.45) is 2.73. The second-order valence-corrected chi connectivity index (χ2v) is 7.96. The zero-order chi connectivity index (χ0) is 19.5. The fourth-order valence-corrected chi connectivity index (χ4v) is 4.20. The summed E-state index contributed by atoms with van der Waals surface area (Å²) in [7, 11) is 1.84. The van der Waals surface area contributed by atoms with Crippen LogP contribution in [0.3, 0.4) is 0 Å². The maximum absolute atomic E-state index is 12.6. The van der Waals surface area contributed by atoms with Crippen LogP contribution in [-0.2, 0) is 23.1 Å². The number of hydrogen-bond donors (Lipinski definition) is 1. The van der Waals surface area contributed by atoms with Gasteiger partial charge in [-0.15, -0.1) is 11.3 Å². The third-order valence-corrected chi connectivity index (χ3v) is 6.08. The molecule has 8 heteroatoms. The number of carbonyl (C=O) groups is 2. The molecular weight excluding hydrogens is 374 g/mol. The van der Waals surface area contributed by atoms with E-state index in [0.717, 1.165) is 37.0 Å². The minimum Gasteiger partial charge on any atom is -0.332 e. The first-order valence-electron chi connectivity index (χ1n) is 9.37. The van der Waals surface area contributed by atoms with Crippen molar-refractivity contribution in [1.29, 1.82) is 0 Å². The Labute approximate surface area is 167 Å². The van der Waals surface area contributed by atoms with Crippen molar-refractivity contribution < 1.29 is 9.59 Å². The zero-order valence-electron chi connectivity index (χ0n) is 15.8. The molecule has 0 saturated carbocycles. The number of nitrogens with zero attached hydrogens (tertiary/aromatic N) is 4. The van der Waals surface area contributed by atoms with Gasteiger partial charge in [0.1, 0.15) is 0 Å². The normalized spacial score (nSPS) is 15.1. The largest absolute Gasteiger partial charge is 0.332 e. The van der Waals surface area contributed by atoms with Crippen LogP contribution >= 0.6 is 11.3 Å². The number of benzene rings is 1. The molecule has 1 aliphatic heterocycles. The summed E-state index contributed by atoms with van der Waals surface area (Å²) in [6, 6.07) is 9.78. The van der Waals surface area contributed by atoms with Gasteiger partial charge in [0.25, 0.3) is 0 Å². The lowest BCUT2D eigenvalue weighted by Crippen LogP contribution is -2.51. The second kappa shape index (κ2) is 8.12. The first-order chi connectivity index (χ1) is 13.6. The van der Waals surface area contributed by atoms with Gasteiger partial charge in [0.05, 0.1) is 17.4 Å². The van der Waals surface area contributed by atoms with Gasteiger partial charge in [0, 0.05) is 50.0 Å². The van der Waals surface area contributed by atoms with Crippen molar-refractivity contribution in [3.63, 3.8) is 0 Å². The molecular formula is C20H23N5O2S. The van der Waals surface area contributed by atoms with Crippen LogP contribution in [0.5, 0.6) is 0 Å². The van der Waals surface area contributed by atoms with Crippen LogP contribution in [0.1, 0.15) is 4.88 Å². The standard InChI is InChI=1S/C20H23N5O2S/c1-23-18-6-2-5-17(16(18)14-21-23)22-19(26)20(27)25-11-9-24(10-12-25)8-7-15-4-3-13-28-15/h2-6,13-14H,7-12H2,1H3,(H,22,26). The average Bonchev–Trinajstić information content (AvgIpc) is 3.37. The van der Waals surface area contributed by atoms with Gasteiger partial charge in [-0.3, -0.25) is 19.2 Å². The van der Waals surface area contributed by atoms with Crippen LogP contribution in [0.4, 0.5) is 5.69 Å². The van der Waals surface area contributed by atoms with E-state index in [1.165, 1.54) is 4.88 Å². The van der Waals surface area contributed by atoms with E-state index in [1.807, 2.05) is 19.2 Å². The lowest BCUT2D eigenvalue weighted by molar-refractivity contribution is -0.144. The van der Waals surface area contributed by atoms with E-state index in [4.69, 9.17) is 0 Å². The number of anilines is 1. The molecule has 0 radical (unpaired) electrons. The van der Waals surface area contributed by atoms with Crippen molar-refractivity contribution in [3.05, 3.63) is 46.8 Å². The van der Waals surface area contributed by atoms with Crippen molar-refractivity contribution in [2.75, 3.05) is 38.0 Å². The number of hydrogen-bond acceptors (Lipinski definition) is 5. The van der Waals surface area contributed by atoms with Gasteiger partial charge in [-0.1, -0.05) is 12.1 Å². The molecule has 1 fully saturated rings. The lowest BCUT2D eigenvalue weighted by atomic mass is 10.2. The van der Waals surface area contributed by atoms with E-state index in [0.29, 0.717) is 18.8 Å². The van der Waals surface area contributed by atoms with Crippen molar-refractivity contribution >= 4 is 39.7 Å². The van der Waals surface area contributed by atoms with Gasteiger partial charge in [-0.05, 0) is 30.0 Å². The number of rotatable bonds is 4. The van der Waals surface area contributed by atoms with Gasteiger partial charge in [-0.2, -0.15) is 5.10 Å². The molecule has 1 saturated heterocycles. The second-order valence-electron chi connectivity index (χ2n) is 6.92. The lowest BCUT2D eigenvalue weighted by Gasteiger charge is -2.34. The topological polar surface area (TPSA) is 70.5 Å². The number of nitrogens with one attached hydrogen (secondary N) is 1. The summed E-state index contributed by atoms with van der Waals surface area (Å²) in [5, 5.41) is 9.88. The number of thiophene rings is 1. The van der Waals surface area contributed by atoms with Crippen LogP contribution in [0.25, 0.3) is 10.9 Å². The minimum atomic E-state index is -0.594. The summed E-state index contributed by atoms with van der Waals surface area (Å²) >= 11 is 1.77. The molecule has 0 aliphatic carbocycles. The molecule has 0 bridgehead atoms. The summed E-state index contributed by atoms with van der Waals surface area (Å²) in [6.45, 7) is 3.73. The van der Waals surface area contributed by atoms with Crippen LogP contribution in [0.2, 0.25) is 0 Å². The highest BCUT2D eigenvalue weighted by atomic mass is 32.1. The number of carbonyl (C=O) groups excluding carboxylic acids is 2. The Morgan fingerprint density at radius 2 is 1.96 bits per heavy atom. The fourth-order valence-electron chi connectivity index (χ4n) is 3.50. The first kappa shape index (κ1) is 18.6. The van der Waals surface area contributed by atoms with Crippen molar-refractivity contribution in [1.82, 2.24) is 19.6 Å². The maximum atomic E-state index is 12.6. The summed E-state index contributed by atoms with van der Waals surface area (Å²) < 4.78 is 1.74. The Morgan fingerprint density at radius 3 is 2.71 bits per heavy atom. The Morgan fingerprint density at radius 1 is 1.14 bits per heavy atom. The van der Waals surface area contributed by atoms with Crippen LogP contribution in [-0.4, -0.2) is 64.1 Å². The molecule has 2 aromatic heterocycles. The van der Waals surface area contributed by atoms with Gasteiger partial charge in [0.2, 0.25) is 0 Å². The monoisotopic (exact) mass is 397 g/mol. The predicted octanol–water partition coefficient (Wildman–Crippen LogP) is 1.96. The molecule has 0 unspecified atom stereocenters. The van der Waals surface area contributed by atoms with Crippen molar-refractivity contribution in [2.24, 2.45) is 7.05 Å². The molecule has 2 amide bonds. The Kier molecular flexibility index (Phi) is 5.40. The van der Waals surface area contributed by atoms with E-state index in [1.54, 1.807) is 33.2 Å². The summed E-state index contributed by atoms with van der Waals surface area (Å²) in [4.78, 5) is 30.4.